The van der Waals surface area contributed by atoms with Gasteiger partial charge in [-0.05, 0) is 0 Å². The fourth-order valence-electron chi connectivity index (χ4n) is 3.71. The third-order valence-corrected chi connectivity index (χ3v) is 5.25. The number of ether oxygens (including phenoxy) is 1. The Labute approximate surface area is 154 Å². The molecule has 0 unspecified atom stereocenters. The van der Waals surface area contributed by atoms with Crippen LogP contribution in [0.3, 0.4) is 0 Å². The molecule has 1 heteroatoms. The standard InChI is InChI=1S/3C7H14.C2H6O/c3*1-2-4-6-7-5-3-1;1-3-2/h3*1-7H2;1-2H3. The lowest BCUT2D eigenvalue weighted by molar-refractivity contribution is 0.277. The molecule has 0 atom stereocenters. The molecule has 0 saturated heterocycles. The maximum atomic E-state index is 4.25. The van der Waals surface area contributed by atoms with E-state index in [1.807, 2.05) is 0 Å². The Morgan fingerprint density at radius 2 is 0.292 bits per heavy atom. The first-order valence-corrected chi connectivity index (χ1v) is 11.3. The molecule has 0 N–H and O–H groups in total. The first-order chi connectivity index (χ1) is 11.9. The van der Waals surface area contributed by atoms with Crippen LogP contribution in [-0.2, 0) is 4.74 Å². The Morgan fingerprint density at radius 1 is 0.250 bits per heavy atom. The van der Waals surface area contributed by atoms with Crippen molar-refractivity contribution in [1.82, 2.24) is 0 Å². The minimum Gasteiger partial charge on any atom is -0.388 e. The van der Waals surface area contributed by atoms with Crippen molar-refractivity contribution in [2.45, 2.75) is 135 Å². The molecule has 0 radical (unpaired) electrons. The van der Waals surface area contributed by atoms with Gasteiger partial charge in [-0.2, -0.15) is 0 Å². The molecule has 1 nitrogen and oxygen atoms in total. The van der Waals surface area contributed by atoms with E-state index in [1.165, 1.54) is 135 Å². The second-order valence-electron chi connectivity index (χ2n) is 7.83. The molecule has 0 aromatic carbocycles. The van der Waals surface area contributed by atoms with Crippen molar-refractivity contribution >= 4 is 0 Å². The van der Waals surface area contributed by atoms with Gasteiger partial charge in [0.25, 0.3) is 0 Å². The molecule has 0 spiro atoms. The molecule has 3 saturated carbocycles. The summed E-state index contributed by atoms with van der Waals surface area (Å²) in [6.07, 6.45) is 31.5. The van der Waals surface area contributed by atoms with Crippen molar-refractivity contribution in [2.75, 3.05) is 14.2 Å². The van der Waals surface area contributed by atoms with Crippen molar-refractivity contribution in [3.05, 3.63) is 0 Å². The maximum absolute atomic E-state index is 4.25. The molecule has 146 valence electrons. The van der Waals surface area contributed by atoms with Crippen molar-refractivity contribution < 1.29 is 4.74 Å². The van der Waals surface area contributed by atoms with E-state index >= 15 is 0 Å². The number of methoxy groups -OCH3 is 1. The lowest BCUT2D eigenvalue weighted by Crippen LogP contribution is -1.66. The Morgan fingerprint density at radius 3 is 0.333 bits per heavy atom. The van der Waals surface area contributed by atoms with Gasteiger partial charge < -0.3 is 4.74 Å². The zero-order valence-electron chi connectivity index (χ0n) is 17.3. The molecular formula is C23H48O. The Bertz CT molecular complexity index is 110. The first kappa shape index (κ1) is 24.0. The van der Waals surface area contributed by atoms with E-state index in [0.717, 1.165) is 0 Å². The highest BCUT2D eigenvalue weighted by Crippen LogP contribution is 2.16. The highest BCUT2D eigenvalue weighted by molar-refractivity contribution is 4.52. The normalized spacial score (nSPS) is 21.8. The number of hydrogen-bond acceptors (Lipinski definition) is 1. The molecule has 3 rings (SSSR count). The van der Waals surface area contributed by atoms with E-state index in [-0.39, 0.29) is 0 Å². The van der Waals surface area contributed by atoms with E-state index in [1.54, 1.807) is 14.2 Å². The lowest BCUT2D eigenvalue weighted by Gasteiger charge is -1.85. The highest BCUT2D eigenvalue weighted by atomic mass is 16.4. The maximum Gasteiger partial charge on any atom is 0.0351 e. The molecule has 3 fully saturated rings. The van der Waals surface area contributed by atoms with E-state index < -0.39 is 0 Å². The summed E-state index contributed by atoms with van der Waals surface area (Å²) in [6, 6.07) is 0. The summed E-state index contributed by atoms with van der Waals surface area (Å²) in [7, 11) is 3.25. The van der Waals surface area contributed by atoms with Crippen molar-refractivity contribution in [2.24, 2.45) is 0 Å². The summed E-state index contributed by atoms with van der Waals surface area (Å²) in [5.74, 6) is 0. The van der Waals surface area contributed by atoms with Gasteiger partial charge in [0.1, 0.15) is 0 Å². The van der Waals surface area contributed by atoms with Gasteiger partial charge in [-0.25, -0.2) is 0 Å². The zero-order chi connectivity index (χ0) is 17.6. The van der Waals surface area contributed by atoms with Crippen LogP contribution in [0.5, 0.6) is 0 Å². The molecular weight excluding hydrogens is 292 g/mol. The molecule has 0 aromatic rings. The summed E-state index contributed by atoms with van der Waals surface area (Å²) in [4.78, 5) is 0. The number of hydrogen-bond donors (Lipinski definition) is 0. The minimum atomic E-state index is 1.50. The van der Waals surface area contributed by atoms with Crippen LogP contribution in [0.15, 0.2) is 0 Å². The van der Waals surface area contributed by atoms with E-state index in [4.69, 9.17) is 0 Å². The van der Waals surface area contributed by atoms with Crippen LogP contribution in [0.4, 0.5) is 0 Å². The predicted molar refractivity (Wildman–Crippen MR) is 110 cm³/mol. The Balaban J connectivity index is 0.000000306. The van der Waals surface area contributed by atoms with Crippen molar-refractivity contribution in [3.63, 3.8) is 0 Å². The van der Waals surface area contributed by atoms with Crippen LogP contribution in [-0.4, -0.2) is 14.2 Å². The highest BCUT2D eigenvalue weighted by Gasteiger charge is 1.96. The average molecular weight is 341 g/mol. The van der Waals surface area contributed by atoms with Gasteiger partial charge in [0.2, 0.25) is 0 Å². The smallest absolute Gasteiger partial charge is 0.0351 e. The van der Waals surface area contributed by atoms with Crippen molar-refractivity contribution in [1.29, 1.82) is 0 Å². The Kier molecular flexibility index (Phi) is 22.9. The van der Waals surface area contributed by atoms with Crippen LogP contribution in [0, 0.1) is 0 Å². The second-order valence-corrected chi connectivity index (χ2v) is 7.83. The van der Waals surface area contributed by atoms with Gasteiger partial charge in [0, 0.05) is 14.2 Å². The second kappa shape index (κ2) is 23.0. The van der Waals surface area contributed by atoms with Crippen molar-refractivity contribution in [3.8, 4) is 0 Å². The molecule has 24 heavy (non-hydrogen) atoms. The molecule has 3 aliphatic carbocycles. The minimum absolute atomic E-state index is 1.50. The summed E-state index contributed by atoms with van der Waals surface area (Å²) in [5, 5.41) is 0. The SMILES string of the molecule is C1CCCCCC1.C1CCCCCC1.C1CCCCCC1.COC. The van der Waals surface area contributed by atoms with Crippen LogP contribution in [0.1, 0.15) is 135 Å². The largest absolute Gasteiger partial charge is 0.388 e. The van der Waals surface area contributed by atoms with E-state index in [9.17, 15) is 0 Å². The molecule has 0 amide bonds. The van der Waals surface area contributed by atoms with Gasteiger partial charge in [-0.3, -0.25) is 0 Å². The van der Waals surface area contributed by atoms with E-state index in [0.29, 0.717) is 0 Å². The van der Waals surface area contributed by atoms with Crippen LogP contribution < -0.4 is 0 Å². The topological polar surface area (TPSA) is 9.23 Å². The molecule has 0 aromatic heterocycles. The zero-order valence-corrected chi connectivity index (χ0v) is 17.3. The monoisotopic (exact) mass is 340 g/mol. The third kappa shape index (κ3) is 22.0. The van der Waals surface area contributed by atoms with Crippen LogP contribution >= 0.6 is 0 Å². The lowest BCUT2D eigenvalue weighted by atomic mass is 10.2. The van der Waals surface area contributed by atoms with E-state index in [2.05, 4.69) is 4.74 Å². The predicted octanol–water partition coefficient (Wildman–Crippen LogP) is 8.45. The van der Waals surface area contributed by atoms with Crippen LogP contribution in [0.25, 0.3) is 0 Å². The number of rotatable bonds is 0. The van der Waals surface area contributed by atoms with Gasteiger partial charge in [0.15, 0.2) is 0 Å². The fourth-order valence-corrected chi connectivity index (χ4v) is 3.71. The van der Waals surface area contributed by atoms with Crippen LogP contribution in [0.2, 0.25) is 0 Å². The summed E-state index contributed by atoms with van der Waals surface area (Å²) in [5.41, 5.74) is 0. The first-order valence-electron chi connectivity index (χ1n) is 11.3. The summed E-state index contributed by atoms with van der Waals surface area (Å²) < 4.78 is 4.25. The molecule has 0 bridgehead atoms. The fraction of sp³-hybridized carbons (Fsp3) is 1.00. The Hall–Kier alpha value is -0.0400. The third-order valence-electron chi connectivity index (χ3n) is 5.25. The quantitative estimate of drug-likeness (QED) is 0.402. The summed E-state index contributed by atoms with van der Waals surface area (Å²) in [6.45, 7) is 0. The average Bonchev–Trinajstić information content (AvgIpc) is 3.17. The molecule has 3 aliphatic rings. The molecule has 0 aliphatic heterocycles. The van der Waals surface area contributed by atoms with Gasteiger partial charge in [0.05, 0.1) is 0 Å². The van der Waals surface area contributed by atoms with Gasteiger partial charge in [-0.15, -0.1) is 0 Å². The molecule has 0 heterocycles. The van der Waals surface area contributed by atoms with Gasteiger partial charge >= 0.3 is 0 Å². The summed E-state index contributed by atoms with van der Waals surface area (Å²) >= 11 is 0. The van der Waals surface area contributed by atoms with Gasteiger partial charge in [-0.1, -0.05) is 135 Å².